The summed E-state index contributed by atoms with van der Waals surface area (Å²) < 4.78 is 6.88. The number of likely N-dealkylation sites (tertiary alicyclic amines) is 1. The quantitative estimate of drug-likeness (QED) is 0.766. The van der Waals surface area contributed by atoms with Crippen LogP contribution in [0.3, 0.4) is 0 Å². The number of nitrogens with zero attached hydrogens (tertiary/aromatic N) is 7. The van der Waals surface area contributed by atoms with E-state index in [-0.39, 0.29) is 18.0 Å². The summed E-state index contributed by atoms with van der Waals surface area (Å²) in [6.07, 6.45) is 6.64. The van der Waals surface area contributed by atoms with E-state index in [1.807, 2.05) is 18.1 Å². The Kier molecular flexibility index (Phi) is 4.02. The van der Waals surface area contributed by atoms with E-state index >= 15 is 0 Å². The van der Waals surface area contributed by atoms with Crippen LogP contribution in [-0.2, 0) is 16.6 Å². The Balaban J connectivity index is 1.36. The molecule has 28 heavy (non-hydrogen) atoms. The van der Waals surface area contributed by atoms with E-state index in [0.717, 1.165) is 12.0 Å². The van der Waals surface area contributed by atoms with Gasteiger partial charge in [-0.25, -0.2) is 9.97 Å². The second-order valence-electron chi connectivity index (χ2n) is 7.79. The van der Waals surface area contributed by atoms with Gasteiger partial charge in [0, 0.05) is 38.7 Å². The smallest absolute Gasteiger partial charge is 0.223 e. The lowest BCUT2D eigenvalue weighted by molar-refractivity contribution is -0.137. The van der Waals surface area contributed by atoms with Gasteiger partial charge in [0.05, 0.1) is 43.3 Å². The van der Waals surface area contributed by atoms with Crippen molar-refractivity contribution in [3.05, 3.63) is 24.2 Å². The maximum absolute atomic E-state index is 12.6. The van der Waals surface area contributed by atoms with E-state index in [4.69, 9.17) is 4.74 Å². The minimum absolute atomic E-state index is 0.182. The summed E-state index contributed by atoms with van der Waals surface area (Å²) in [6, 6.07) is 2.58. The average Bonchev–Trinajstić information content (AvgIpc) is 3.39. The molecule has 2 atom stereocenters. The van der Waals surface area contributed by atoms with Crippen molar-refractivity contribution in [1.82, 2.24) is 24.6 Å². The van der Waals surface area contributed by atoms with E-state index in [1.165, 1.54) is 0 Å². The first-order valence-corrected chi connectivity index (χ1v) is 9.52. The number of hydrogen-bond donors (Lipinski definition) is 0. The van der Waals surface area contributed by atoms with Crippen LogP contribution < -0.4 is 4.90 Å². The average molecular weight is 379 g/mol. The van der Waals surface area contributed by atoms with Crippen LogP contribution in [-0.4, -0.2) is 68.9 Å². The summed E-state index contributed by atoms with van der Waals surface area (Å²) in [5, 5.41) is 13.7. The fourth-order valence-electron chi connectivity index (χ4n) is 4.34. The molecule has 9 nitrogen and oxygen atoms in total. The van der Waals surface area contributed by atoms with E-state index < -0.39 is 0 Å². The summed E-state index contributed by atoms with van der Waals surface area (Å²) >= 11 is 0. The number of aromatic nitrogens is 4. The first kappa shape index (κ1) is 17.1. The van der Waals surface area contributed by atoms with Crippen LogP contribution in [0.5, 0.6) is 0 Å². The van der Waals surface area contributed by atoms with Gasteiger partial charge < -0.3 is 14.5 Å². The molecule has 0 aromatic carbocycles. The Morgan fingerprint density at radius 1 is 1.32 bits per heavy atom. The highest BCUT2D eigenvalue weighted by molar-refractivity contribution is 5.78. The number of nitriles is 1. The SMILES string of the molecule is Cn1cc(-c2ncc(C#N)c(N3C[C@H]4C[C@H]3CN4C(=O)CC3COC3)n2)cn1. The molecule has 3 aliphatic heterocycles. The predicted octanol–water partition coefficient (Wildman–Crippen LogP) is 0.575. The number of piperazine rings is 1. The molecule has 0 saturated carbocycles. The molecule has 2 bridgehead atoms. The molecule has 5 rings (SSSR count). The molecule has 3 saturated heterocycles. The van der Waals surface area contributed by atoms with E-state index in [2.05, 4.69) is 26.0 Å². The molecular formula is C19H21N7O2. The Hall–Kier alpha value is -2.99. The normalized spacial score (nSPS) is 23.7. The van der Waals surface area contributed by atoms with Crippen LogP contribution in [0.25, 0.3) is 11.4 Å². The Morgan fingerprint density at radius 3 is 2.79 bits per heavy atom. The lowest BCUT2D eigenvalue weighted by atomic mass is 10.0. The van der Waals surface area contributed by atoms with Crippen molar-refractivity contribution in [2.75, 3.05) is 31.2 Å². The van der Waals surface area contributed by atoms with Crippen molar-refractivity contribution in [2.45, 2.75) is 24.9 Å². The summed E-state index contributed by atoms with van der Waals surface area (Å²) in [7, 11) is 1.84. The molecule has 5 heterocycles. The van der Waals surface area contributed by atoms with Gasteiger partial charge in [-0.2, -0.15) is 10.4 Å². The fraction of sp³-hybridized carbons (Fsp3) is 0.526. The third kappa shape index (κ3) is 2.81. The zero-order chi connectivity index (χ0) is 19.3. The first-order chi connectivity index (χ1) is 13.6. The number of ether oxygens (including phenoxy) is 1. The summed E-state index contributed by atoms with van der Waals surface area (Å²) in [6.45, 7) is 2.79. The van der Waals surface area contributed by atoms with Crippen molar-refractivity contribution in [3.63, 3.8) is 0 Å². The van der Waals surface area contributed by atoms with E-state index in [1.54, 1.807) is 17.1 Å². The topological polar surface area (TPSA) is 100 Å². The van der Waals surface area contributed by atoms with Crippen molar-refractivity contribution < 1.29 is 9.53 Å². The Labute approximate surface area is 162 Å². The third-order valence-electron chi connectivity index (χ3n) is 5.86. The number of aryl methyl sites for hydroxylation is 1. The van der Waals surface area contributed by atoms with E-state index in [9.17, 15) is 10.1 Å². The number of carbonyl (C=O) groups excluding carboxylic acids is 1. The zero-order valence-corrected chi connectivity index (χ0v) is 15.7. The fourth-order valence-corrected chi connectivity index (χ4v) is 4.34. The molecule has 3 fully saturated rings. The van der Waals surface area contributed by atoms with Gasteiger partial charge in [-0.1, -0.05) is 0 Å². The predicted molar refractivity (Wildman–Crippen MR) is 99.1 cm³/mol. The summed E-state index contributed by atoms with van der Waals surface area (Å²) in [5.74, 6) is 1.81. The van der Waals surface area contributed by atoms with Crippen LogP contribution in [0, 0.1) is 17.2 Å². The van der Waals surface area contributed by atoms with Crippen LogP contribution >= 0.6 is 0 Å². The number of amides is 1. The van der Waals surface area contributed by atoms with Crippen LogP contribution in [0.2, 0.25) is 0 Å². The summed E-state index contributed by atoms with van der Waals surface area (Å²) in [5.41, 5.74) is 1.28. The number of anilines is 1. The Bertz CT molecular complexity index is 961. The standard InChI is InChI=1S/C19H21N7O2/c1-24-7-14(6-22-24)18-21-5-13(4-20)19(23-18)26-9-15-3-16(26)8-25(15)17(27)2-12-10-28-11-12/h5-7,12,15-16H,2-3,8-11H2,1H3/t15-,16+/m1/s1. The Morgan fingerprint density at radius 2 is 2.18 bits per heavy atom. The molecular weight excluding hydrogens is 358 g/mol. The van der Waals surface area contributed by atoms with Gasteiger partial charge in [0.25, 0.3) is 0 Å². The van der Waals surface area contributed by atoms with Crippen molar-refractivity contribution >= 4 is 11.7 Å². The molecule has 0 unspecified atom stereocenters. The van der Waals surface area contributed by atoms with Crippen LogP contribution in [0.15, 0.2) is 18.6 Å². The summed E-state index contributed by atoms with van der Waals surface area (Å²) in [4.78, 5) is 25.8. The second kappa shape index (κ2) is 6.56. The van der Waals surface area contributed by atoms with Crippen molar-refractivity contribution in [3.8, 4) is 17.5 Å². The third-order valence-corrected chi connectivity index (χ3v) is 5.86. The van der Waals surface area contributed by atoms with Gasteiger partial charge in [-0.05, 0) is 6.42 Å². The minimum Gasteiger partial charge on any atom is -0.381 e. The molecule has 0 aliphatic carbocycles. The van der Waals surface area contributed by atoms with Gasteiger partial charge in [0.2, 0.25) is 5.91 Å². The highest BCUT2D eigenvalue weighted by Gasteiger charge is 2.46. The highest BCUT2D eigenvalue weighted by atomic mass is 16.5. The molecule has 2 aromatic heterocycles. The minimum atomic E-state index is 0.182. The molecule has 2 aromatic rings. The monoisotopic (exact) mass is 379 g/mol. The molecule has 0 N–H and O–H groups in total. The number of carbonyl (C=O) groups is 1. The molecule has 0 spiro atoms. The molecule has 144 valence electrons. The van der Waals surface area contributed by atoms with Gasteiger partial charge in [-0.15, -0.1) is 0 Å². The molecule has 0 radical (unpaired) electrons. The zero-order valence-electron chi connectivity index (χ0n) is 15.7. The number of fused-ring (bicyclic) bond motifs is 2. The molecule has 3 aliphatic rings. The van der Waals surface area contributed by atoms with Crippen LogP contribution in [0.4, 0.5) is 5.82 Å². The van der Waals surface area contributed by atoms with Gasteiger partial charge in [0.15, 0.2) is 11.6 Å². The lowest BCUT2D eigenvalue weighted by Gasteiger charge is -2.36. The highest BCUT2D eigenvalue weighted by Crippen LogP contribution is 2.36. The van der Waals surface area contributed by atoms with Crippen molar-refractivity contribution in [2.24, 2.45) is 13.0 Å². The van der Waals surface area contributed by atoms with Gasteiger partial charge in [0.1, 0.15) is 11.6 Å². The number of hydrogen-bond acceptors (Lipinski definition) is 7. The van der Waals surface area contributed by atoms with E-state index in [0.29, 0.717) is 55.8 Å². The van der Waals surface area contributed by atoms with Crippen molar-refractivity contribution in [1.29, 1.82) is 5.26 Å². The lowest BCUT2D eigenvalue weighted by Crippen LogP contribution is -2.50. The second-order valence-corrected chi connectivity index (χ2v) is 7.79. The first-order valence-electron chi connectivity index (χ1n) is 9.52. The molecule has 9 heteroatoms. The van der Waals surface area contributed by atoms with Gasteiger partial charge in [-0.3, -0.25) is 9.48 Å². The molecule has 1 amide bonds. The maximum Gasteiger partial charge on any atom is 0.223 e. The maximum atomic E-state index is 12.6. The largest absolute Gasteiger partial charge is 0.381 e. The van der Waals surface area contributed by atoms with Crippen LogP contribution in [0.1, 0.15) is 18.4 Å². The van der Waals surface area contributed by atoms with Gasteiger partial charge >= 0.3 is 0 Å². The number of rotatable bonds is 4.